The quantitative estimate of drug-likeness (QED) is 0.466. The van der Waals surface area contributed by atoms with Gasteiger partial charge in [-0.1, -0.05) is 11.3 Å². The maximum absolute atomic E-state index is 13.9. The number of nitrogens with zero attached hydrogens (tertiary/aromatic N) is 2. The van der Waals surface area contributed by atoms with Crippen LogP contribution >= 0.6 is 22.7 Å². The van der Waals surface area contributed by atoms with Crippen molar-refractivity contribution >= 4 is 54.3 Å². The second-order valence-corrected chi connectivity index (χ2v) is 8.86. The summed E-state index contributed by atoms with van der Waals surface area (Å²) in [5, 5.41) is 6.98. The van der Waals surface area contributed by atoms with Crippen molar-refractivity contribution in [1.29, 1.82) is 0 Å². The molecule has 28 heavy (non-hydrogen) atoms. The van der Waals surface area contributed by atoms with Crippen molar-refractivity contribution in [2.45, 2.75) is 25.8 Å². The minimum absolute atomic E-state index is 0.426. The third-order valence-electron chi connectivity index (χ3n) is 4.80. The van der Waals surface area contributed by atoms with Crippen LogP contribution in [0.2, 0.25) is 0 Å². The fraction of sp³-hybridized carbons (Fsp3) is 0.211. The van der Waals surface area contributed by atoms with E-state index < -0.39 is 23.7 Å². The number of rotatable bonds is 2. The summed E-state index contributed by atoms with van der Waals surface area (Å²) in [6.07, 6.45) is 1.000. The molecule has 5 rings (SSSR count). The van der Waals surface area contributed by atoms with Gasteiger partial charge >= 0.3 is 6.03 Å². The fourth-order valence-electron chi connectivity index (χ4n) is 3.62. The van der Waals surface area contributed by atoms with Gasteiger partial charge in [0.15, 0.2) is 5.13 Å². The lowest BCUT2D eigenvalue weighted by Crippen LogP contribution is -2.31. The van der Waals surface area contributed by atoms with Crippen LogP contribution in [0, 0.1) is 18.6 Å². The van der Waals surface area contributed by atoms with E-state index in [1.165, 1.54) is 17.4 Å². The van der Waals surface area contributed by atoms with Gasteiger partial charge in [0.25, 0.3) is 0 Å². The van der Waals surface area contributed by atoms with Gasteiger partial charge in [0, 0.05) is 6.07 Å². The zero-order valence-corrected chi connectivity index (χ0v) is 16.3. The molecule has 1 atom stereocenters. The van der Waals surface area contributed by atoms with Gasteiger partial charge in [-0.3, -0.25) is 5.32 Å². The smallest absolute Gasteiger partial charge is 0.321 e. The highest BCUT2D eigenvalue weighted by molar-refractivity contribution is 7.28. The van der Waals surface area contributed by atoms with Gasteiger partial charge in [0.2, 0.25) is 0 Å². The first kappa shape index (κ1) is 17.4. The lowest BCUT2D eigenvalue weighted by molar-refractivity contribution is 0.248. The second kappa shape index (κ2) is 6.46. The number of hydrogen-bond acceptors (Lipinski definition) is 5. The highest BCUT2D eigenvalue weighted by Crippen LogP contribution is 2.36. The Kier molecular flexibility index (Phi) is 4.02. The van der Waals surface area contributed by atoms with Crippen molar-refractivity contribution in [2.75, 3.05) is 5.32 Å². The number of carbonyl (C=O) groups excluding carboxylic acids is 1. The molecule has 5 nitrogen and oxygen atoms in total. The maximum atomic E-state index is 13.9. The van der Waals surface area contributed by atoms with Crippen molar-refractivity contribution in [3.8, 4) is 0 Å². The summed E-state index contributed by atoms with van der Waals surface area (Å²) in [5.74, 6) is -1.20. The van der Waals surface area contributed by atoms with E-state index in [0.29, 0.717) is 29.1 Å². The van der Waals surface area contributed by atoms with E-state index >= 15 is 0 Å². The minimum atomic E-state index is -0.639. The molecule has 4 aromatic rings. The van der Waals surface area contributed by atoms with E-state index in [4.69, 9.17) is 0 Å². The molecular formula is C19H14F2N4OS2. The summed E-state index contributed by atoms with van der Waals surface area (Å²) in [6.45, 7) is 1.95. The van der Waals surface area contributed by atoms with Crippen molar-refractivity contribution in [3.05, 3.63) is 52.0 Å². The first-order valence-electron chi connectivity index (χ1n) is 8.70. The molecule has 0 saturated carbocycles. The zero-order valence-electron chi connectivity index (χ0n) is 14.7. The molecule has 0 fully saturated rings. The standard InChI is InChI=1S/C19H14F2N4OS2/c1-8-22-14-4-5-15-17(16(14)27-8)28-19(24-15)25-18(26)23-13-3-2-10-11(13)6-9(20)7-12(10)21/h4-7,13H,2-3H2,1H3,(H2,23,24,25,26). The van der Waals surface area contributed by atoms with Crippen molar-refractivity contribution < 1.29 is 13.6 Å². The maximum Gasteiger partial charge on any atom is 0.321 e. The number of fused-ring (bicyclic) bond motifs is 4. The number of anilines is 1. The number of amides is 2. The van der Waals surface area contributed by atoms with E-state index in [2.05, 4.69) is 20.6 Å². The van der Waals surface area contributed by atoms with Crippen LogP contribution in [0.1, 0.15) is 28.6 Å². The molecule has 0 radical (unpaired) electrons. The molecule has 2 amide bonds. The zero-order chi connectivity index (χ0) is 19.4. The molecule has 0 saturated heterocycles. The first-order chi connectivity index (χ1) is 13.5. The summed E-state index contributed by atoms with van der Waals surface area (Å²) in [6, 6.07) is 5.10. The van der Waals surface area contributed by atoms with Gasteiger partial charge in [-0.25, -0.2) is 23.5 Å². The van der Waals surface area contributed by atoms with Gasteiger partial charge in [0.05, 0.1) is 31.5 Å². The highest BCUT2D eigenvalue weighted by atomic mass is 32.1. The van der Waals surface area contributed by atoms with Gasteiger partial charge in [0.1, 0.15) is 11.6 Å². The number of halogens is 2. The topological polar surface area (TPSA) is 66.9 Å². The molecule has 0 aliphatic heterocycles. The van der Waals surface area contributed by atoms with E-state index in [-0.39, 0.29) is 0 Å². The molecule has 2 aromatic carbocycles. The largest absolute Gasteiger partial charge is 0.331 e. The average molecular weight is 416 g/mol. The predicted molar refractivity (Wildman–Crippen MR) is 107 cm³/mol. The van der Waals surface area contributed by atoms with Crippen molar-refractivity contribution in [3.63, 3.8) is 0 Å². The molecule has 2 N–H and O–H groups in total. The highest BCUT2D eigenvalue weighted by Gasteiger charge is 2.27. The molecule has 0 bridgehead atoms. The van der Waals surface area contributed by atoms with Gasteiger partial charge in [-0.05, 0) is 49.1 Å². The van der Waals surface area contributed by atoms with Crippen LogP contribution in [0.5, 0.6) is 0 Å². The number of benzene rings is 2. The van der Waals surface area contributed by atoms with Crippen LogP contribution in [0.3, 0.4) is 0 Å². The normalized spacial score (nSPS) is 15.9. The van der Waals surface area contributed by atoms with Gasteiger partial charge < -0.3 is 5.32 Å². The number of aromatic nitrogens is 2. The summed E-state index contributed by atoms with van der Waals surface area (Å²) < 4.78 is 29.5. The van der Waals surface area contributed by atoms with Crippen LogP contribution in [-0.4, -0.2) is 16.0 Å². The van der Waals surface area contributed by atoms with E-state index in [0.717, 1.165) is 31.5 Å². The predicted octanol–water partition coefficient (Wildman–Crippen LogP) is 5.30. The monoisotopic (exact) mass is 416 g/mol. The lowest BCUT2D eigenvalue weighted by atomic mass is 10.1. The Bertz CT molecular complexity index is 1250. The van der Waals surface area contributed by atoms with Crippen molar-refractivity contribution in [1.82, 2.24) is 15.3 Å². The summed E-state index contributed by atoms with van der Waals surface area (Å²) in [4.78, 5) is 21.4. The Balaban J connectivity index is 1.38. The number of nitrogens with one attached hydrogen (secondary N) is 2. The van der Waals surface area contributed by atoms with Crippen LogP contribution in [0.4, 0.5) is 18.7 Å². The number of carbonyl (C=O) groups is 1. The Morgan fingerprint density at radius 3 is 2.71 bits per heavy atom. The molecule has 142 valence electrons. The number of aryl methyl sites for hydroxylation is 1. The van der Waals surface area contributed by atoms with Crippen LogP contribution < -0.4 is 10.6 Å². The third-order valence-corrected chi connectivity index (χ3v) is 6.94. The van der Waals surface area contributed by atoms with Gasteiger partial charge in [-0.15, -0.1) is 11.3 Å². The fourth-order valence-corrected chi connectivity index (χ4v) is 5.62. The molecule has 1 aliphatic carbocycles. The summed E-state index contributed by atoms with van der Waals surface area (Å²) in [5.41, 5.74) is 2.68. The number of urea groups is 1. The van der Waals surface area contributed by atoms with E-state index in [1.54, 1.807) is 11.3 Å². The molecule has 1 aliphatic rings. The minimum Gasteiger partial charge on any atom is -0.331 e. The number of thiazole rings is 2. The van der Waals surface area contributed by atoms with Crippen LogP contribution in [0.15, 0.2) is 24.3 Å². The van der Waals surface area contributed by atoms with Crippen LogP contribution in [0.25, 0.3) is 20.4 Å². The average Bonchev–Trinajstić information content (AvgIpc) is 3.31. The summed E-state index contributed by atoms with van der Waals surface area (Å²) in [7, 11) is 0. The Labute approximate surface area is 166 Å². The van der Waals surface area contributed by atoms with E-state index in [1.807, 2.05) is 19.1 Å². The van der Waals surface area contributed by atoms with Gasteiger partial charge in [-0.2, -0.15) is 0 Å². The molecule has 2 heterocycles. The summed E-state index contributed by atoms with van der Waals surface area (Å²) >= 11 is 2.98. The molecular weight excluding hydrogens is 402 g/mol. The SMILES string of the molecule is Cc1nc2ccc3nc(NC(=O)NC4CCc5c(F)cc(F)cc54)sc3c2s1. The molecule has 9 heteroatoms. The lowest BCUT2D eigenvalue weighted by Gasteiger charge is -2.14. The first-order valence-corrected chi connectivity index (χ1v) is 10.3. The second-order valence-electron chi connectivity index (χ2n) is 6.66. The van der Waals surface area contributed by atoms with E-state index in [9.17, 15) is 13.6 Å². The Hall–Kier alpha value is -2.65. The Morgan fingerprint density at radius 1 is 1.14 bits per heavy atom. The molecule has 1 unspecified atom stereocenters. The van der Waals surface area contributed by atoms with Crippen LogP contribution in [-0.2, 0) is 6.42 Å². The Morgan fingerprint density at radius 2 is 1.89 bits per heavy atom. The van der Waals surface area contributed by atoms with Crippen molar-refractivity contribution in [2.24, 2.45) is 0 Å². The third kappa shape index (κ3) is 2.91. The number of hydrogen-bond donors (Lipinski definition) is 2. The molecule has 0 spiro atoms. The molecule has 2 aromatic heterocycles.